The summed E-state index contributed by atoms with van der Waals surface area (Å²) in [5.74, 6) is 0.726. The van der Waals surface area contributed by atoms with E-state index in [0.29, 0.717) is 37.7 Å². The maximum atomic E-state index is 12.7. The van der Waals surface area contributed by atoms with E-state index >= 15 is 0 Å². The summed E-state index contributed by atoms with van der Waals surface area (Å²) >= 11 is 0. The molecule has 3 rings (SSSR count). The first kappa shape index (κ1) is 20.9. The molecule has 9 nitrogen and oxygen atoms in total. The van der Waals surface area contributed by atoms with Gasteiger partial charge in [-0.15, -0.1) is 0 Å². The van der Waals surface area contributed by atoms with Gasteiger partial charge < -0.3 is 19.7 Å². The molecule has 0 spiro atoms. The molecule has 0 radical (unpaired) electrons. The predicted octanol–water partition coefficient (Wildman–Crippen LogP) is 0.595. The van der Waals surface area contributed by atoms with E-state index in [-0.39, 0.29) is 25.0 Å². The SMILES string of the molecule is CC(C)(C)NC(=O)NC(=O)CN1CCN(C(=O)[C@@H]2COc3ccccc3O2)CC1. The minimum Gasteiger partial charge on any atom is -0.485 e. The molecule has 0 saturated carbocycles. The molecule has 0 bridgehead atoms. The molecule has 29 heavy (non-hydrogen) atoms. The highest BCUT2D eigenvalue weighted by atomic mass is 16.6. The highest BCUT2D eigenvalue weighted by molar-refractivity contribution is 5.95. The third kappa shape index (κ3) is 5.83. The van der Waals surface area contributed by atoms with Crippen molar-refractivity contribution in [1.82, 2.24) is 20.4 Å². The summed E-state index contributed by atoms with van der Waals surface area (Å²) in [6.45, 7) is 7.88. The molecule has 0 aromatic heterocycles. The number of imide groups is 1. The molecule has 9 heteroatoms. The molecular formula is C20H28N4O5. The minimum absolute atomic E-state index is 0.107. The zero-order chi connectivity index (χ0) is 21.0. The number of piperazine rings is 1. The molecule has 2 aliphatic rings. The topological polar surface area (TPSA) is 100 Å². The van der Waals surface area contributed by atoms with E-state index in [1.807, 2.05) is 43.9 Å². The van der Waals surface area contributed by atoms with Crippen LogP contribution in [0.3, 0.4) is 0 Å². The Bertz CT molecular complexity index is 768. The maximum absolute atomic E-state index is 12.7. The Morgan fingerprint density at radius 1 is 1.07 bits per heavy atom. The lowest BCUT2D eigenvalue weighted by atomic mass is 10.1. The molecule has 1 aromatic rings. The zero-order valence-corrected chi connectivity index (χ0v) is 17.1. The van der Waals surface area contributed by atoms with Crippen LogP contribution in [0.1, 0.15) is 20.8 Å². The highest BCUT2D eigenvalue weighted by Gasteiger charge is 2.33. The number of hydrogen-bond acceptors (Lipinski definition) is 6. The molecule has 1 fully saturated rings. The van der Waals surface area contributed by atoms with Gasteiger partial charge in [-0.1, -0.05) is 12.1 Å². The van der Waals surface area contributed by atoms with Crippen LogP contribution in [0.2, 0.25) is 0 Å². The predicted molar refractivity (Wildman–Crippen MR) is 106 cm³/mol. The van der Waals surface area contributed by atoms with Crippen molar-refractivity contribution in [3.05, 3.63) is 24.3 Å². The van der Waals surface area contributed by atoms with Gasteiger partial charge in [0, 0.05) is 31.7 Å². The van der Waals surface area contributed by atoms with Crippen LogP contribution >= 0.6 is 0 Å². The molecule has 4 amide bonds. The first-order valence-electron chi connectivity index (χ1n) is 9.73. The molecule has 1 saturated heterocycles. The van der Waals surface area contributed by atoms with Crippen molar-refractivity contribution >= 4 is 17.8 Å². The number of carbonyl (C=O) groups is 3. The number of nitrogens with zero attached hydrogens (tertiary/aromatic N) is 2. The molecule has 0 unspecified atom stereocenters. The fourth-order valence-electron chi connectivity index (χ4n) is 3.21. The van der Waals surface area contributed by atoms with E-state index in [9.17, 15) is 14.4 Å². The lowest BCUT2D eigenvalue weighted by Crippen LogP contribution is -2.56. The fourth-order valence-corrected chi connectivity index (χ4v) is 3.21. The third-order valence-corrected chi connectivity index (χ3v) is 4.58. The van der Waals surface area contributed by atoms with Crippen molar-refractivity contribution in [2.75, 3.05) is 39.3 Å². The van der Waals surface area contributed by atoms with Crippen molar-refractivity contribution in [2.24, 2.45) is 0 Å². The summed E-state index contributed by atoms with van der Waals surface area (Å²) in [4.78, 5) is 40.2. The van der Waals surface area contributed by atoms with Crippen molar-refractivity contribution < 1.29 is 23.9 Å². The number of ether oxygens (including phenoxy) is 2. The van der Waals surface area contributed by atoms with Gasteiger partial charge in [0.25, 0.3) is 5.91 Å². The number of amides is 4. The van der Waals surface area contributed by atoms with Gasteiger partial charge in [-0.3, -0.25) is 19.8 Å². The zero-order valence-electron chi connectivity index (χ0n) is 17.1. The Hall–Kier alpha value is -2.81. The molecule has 158 valence electrons. The van der Waals surface area contributed by atoms with Crippen LogP contribution in [0.4, 0.5) is 4.79 Å². The highest BCUT2D eigenvalue weighted by Crippen LogP contribution is 2.31. The van der Waals surface area contributed by atoms with Crippen molar-refractivity contribution in [2.45, 2.75) is 32.4 Å². The number of hydrogen-bond donors (Lipinski definition) is 2. The Labute approximate surface area is 170 Å². The van der Waals surface area contributed by atoms with Gasteiger partial charge in [0.1, 0.15) is 6.61 Å². The van der Waals surface area contributed by atoms with Crippen LogP contribution in [-0.4, -0.2) is 78.6 Å². The number of para-hydroxylation sites is 2. The monoisotopic (exact) mass is 404 g/mol. The number of nitrogens with one attached hydrogen (secondary N) is 2. The van der Waals surface area contributed by atoms with Crippen LogP contribution in [0.15, 0.2) is 24.3 Å². The summed E-state index contributed by atoms with van der Waals surface area (Å²) in [5.41, 5.74) is -0.415. The molecule has 2 aliphatic heterocycles. The van der Waals surface area contributed by atoms with Gasteiger partial charge in [-0.2, -0.15) is 0 Å². The van der Waals surface area contributed by atoms with Crippen molar-refractivity contribution in [1.29, 1.82) is 0 Å². The molecule has 1 atom stereocenters. The first-order chi connectivity index (χ1) is 13.7. The Morgan fingerprint density at radius 3 is 2.38 bits per heavy atom. The van der Waals surface area contributed by atoms with Crippen LogP contribution in [0.25, 0.3) is 0 Å². The first-order valence-corrected chi connectivity index (χ1v) is 9.73. The quantitative estimate of drug-likeness (QED) is 0.765. The summed E-state index contributed by atoms with van der Waals surface area (Å²) in [5, 5.41) is 5.02. The third-order valence-electron chi connectivity index (χ3n) is 4.58. The summed E-state index contributed by atoms with van der Waals surface area (Å²) in [6.07, 6.45) is -0.666. The second-order valence-corrected chi connectivity index (χ2v) is 8.22. The largest absolute Gasteiger partial charge is 0.485 e. The fraction of sp³-hybridized carbons (Fsp3) is 0.550. The van der Waals surface area contributed by atoms with E-state index < -0.39 is 17.7 Å². The number of urea groups is 1. The van der Waals surface area contributed by atoms with Crippen molar-refractivity contribution in [3.63, 3.8) is 0 Å². The Balaban J connectivity index is 1.43. The van der Waals surface area contributed by atoms with Gasteiger partial charge >= 0.3 is 6.03 Å². The minimum atomic E-state index is -0.666. The number of carbonyl (C=O) groups excluding carboxylic acids is 3. The standard InChI is InChI=1S/C20H28N4O5/c1-20(2,3)22-19(27)21-17(25)12-23-8-10-24(11-9-23)18(26)16-13-28-14-6-4-5-7-15(14)29-16/h4-7,16H,8-13H2,1-3H3,(H2,21,22,25,27)/t16-/m0/s1. The maximum Gasteiger partial charge on any atom is 0.321 e. The van der Waals surface area contributed by atoms with E-state index in [0.717, 1.165) is 0 Å². The average Bonchev–Trinajstić information content (AvgIpc) is 2.66. The Kier molecular flexibility index (Phi) is 6.26. The second-order valence-electron chi connectivity index (χ2n) is 8.22. The van der Waals surface area contributed by atoms with Crippen LogP contribution in [-0.2, 0) is 9.59 Å². The number of benzene rings is 1. The molecule has 1 aromatic carbocycles. The smallest absolute Gasteiger partial charge is 0.321 e. The van der Waals surface area contributed by atoms with Crippen LogP contribution < -0.4 is 20.1 Å². The molecule has 2 N–H and O–H groups in total. The lowest BCUT2D eigenvalue weighted by molar-refractivity contribution is -0.143. The van der Waals surface area contributed by atoms with Gasteiger partial charge in [0.05, 0.1) is 6.54 Å². The second kappa shape index (κ2) is 8.69. The van der Waals surface area contributed by atoms with Crippen LogP contribution in [0, 0.1) is 0 Å². The van der Waals surface area contributed by atoms with Gasteiger partial charge in [-0.05, 0) is 32.9 Å². The molecule has 0 aliphatic carbocycles. The lowest BCUT2D eigenvalue weighted by Gasteiger charge is -2.36. The van der Waals surface area contributed by atoms with E-state index in [1.165, 1.54) is 0 Å². The molecule has 2 heterocycles. The van der Waals surface area contributed by atoms with E-state index in [1.54, 1.807) is 11.0 Å². The number of rotatable bonds is 3. The van der Waals surface area contributed by atoms with Gasteiger partial charge in [0.2, 0.25) is 12.0 Å². The van der Waals surface area contributed by atoms with Gasteiger partial charge in [0.15, 0.2) is 11.5 Å². The van der Waals surface area contributed by atoms with Crippen LogP contribution in [0.5, 0.6) is 11.5 Å². The summed E-state index contributed by atoms with van der Waals surface area (Å²) in [6, 6.07) is 6.77. The molecular weight excluding hydrogens is 376 g/mol. The summed E-state index contributed by atoms with van der Waals surface area (Å²) < 4.78 is 11.4. The summed E-state index contributed by atoms with van der Waals surface area (Å²) in [7, 11) is 0. The van der Waals surface area contributed by atoms with E-state index in [4.69, 9.17) is 9.47 Å². The average molecular weight is 404 g/mol. The van der Waals surface area contributed by atoms with E-state index in [2.05, 4.69) is 10.6 Å². The van der Waals surface area contributed by atoms with Crippen molar-refractivity contribution in [3.8, 4) is 11.5 Å². The Morgan fingerprint density at radius 2 is 1.72 bits per heavy atom. The normalized spacial score (nSPS) is 19.4. The van der Waals surface area contributed by atoms with Gasteiger partial charge in [-0.25, -0.2) is 4.79 Å². The number of fused-ring (bicyclic) bond motifs is 1.